The van der Waals surface area contributed by atoms with Crippen molar-refractivity contribution in [2.45, 2.75) is 31.8 Å². The first-order valence-electron chi connectivity index (χ1n) is 9.74. The summed E-state index contributed by atoms with van der Waals surface area (Å²) in [6.45, 7) is 4.61. The summed E-state index contributed by atoms with van der Waals surface area (Å²) >= 11 is 0. The summed E-state index contributed by atoms with van der Waals surface area (Å²) in [6.07, 6.45) is 3.57. The Morgan fingerprint density at radius 1 is 1.03 bits per heavy atom. The van der Waals surface area contributed by atoms with Crippen molar-refractivity contribution in [3.8, 4) is 0 Å². The molecule has 1 saturated heterocycles. The van der Waals surface area contributed by atoms with E-state index in [1.807, 2.05) is 6.07 Å². The van der Waals surface area contributed by atoms with E-state index in [0.29, 0.717) is 5.56 Å². The molecule has 1 aromatic carbocycles. The number of nitrogens with one attached hydrogen (secondary N) is 2. The second-order valence-corrected chi connectivity index (χ2v) is 7.28. The normalized spacial score (nSPS) is 21.1. The summed E-state index contributed by atoms with van der Waals surface area (Å²) in [4.78, 5) is 32.3. The fourth-order valence-corrected chi connectivity index (χ4v) is 2.88. The summed E-state index contributed by atoms with van der Waals surface area (Å²) < 4.78 is 17.6. The predicted octanol–water partition coefficient (Wildman–Crippen LogP) is 1.17. The van der Waals surface area contributed by atoms with Gasteiger partial charge in [-0.25, -0.2) is 4.98 Å². The molecule has 1 fully saturated rings. The monoisotopic (exact) mass is 414 g/mol. The third-order valence-corrected chi connectivity index (χ3v) is 4.40. The van der Waals surface area contributed by atoms with Crippen molar-refractivity contribution in [3.63, 3.8) is 0 Å². The minimum Gasteiger partial charge on any atom is -0.371 e. The maximum Gasteiger partial charge on any atom is 0.271 e. The number of aromatic nitrogens is 2. The number of benzene rings is 1. The van der Waals surface area contributed by atoms with Gasteiger partial charge in [-0.05, 0) is 26.0 Å². The number of carbonyl (C=O) groups excluding carboxylic acids is 2. The lowest BCUT2D eigenvalue weighted by Crippen LogP contribution is -2.48. The third kappa shape index (κ3) is 6.58. The highest BCUT2D eigenvalue weighted by Gasteiger charge is 2.30. The van der Waals surface area contributed by atoms with Crippen molar-refractivity contribution >= 4 is 11.8 Å². The van der Waals surface area contributed by atoms with Crippen LogP contribution in [0.5, 0.6) is 0 Å². The van der Waals surface area contributed by atoms with E-state index in [-0.39, 0.29) is 49.9 Å². The van der Waals surface area contributed by atoms with E-state index in [0.717, 1.165) is 0 Å². The second-order valence-electron chi connectivity index (χ2n) is 7.28. The molecule has 3 rings (SSSR count). The summed E-state index contributed by atoms with van der Waals surface area (Å²) in [7, 11) is 0. The van der Waals surface area contributed by atoms with Crippen molar-refractivity contribution in [3.05, 3.63) is 60.2 Å². The molecule has 30 heavy (non-hydrogen) atoms. The Bertz CT molecular complexity index is 832. The fourth-order valence-electron chi connectivity index (χ4n) is 2.88. The number of ether oxygens (including phenoxy) is 3. The standard InChI is InChI=1S/C21H26N4O5/c1-21(2)29-14-16(10-25-20(27)18-12-22-8-9-23-18)28-13-17(30-21)11-24-19(26)15-6-4-3-5-7-15/h3-9,12,16-17H,10-11,13-14H2,1-2H3,(H,24,26)(H,25,27)/t16-,17+/m1/s1. The van der Waals surface area contributed by atoms with E-state index in [1.165, 1.54) is 18.6 Å². The fraction of sp³-hybridized carbons (Fsp3) is 0.429. The predicted molar refractivity (Wildman–Crippen MR) is 108 cm³/mol. The van der Waals surface area contributed by atoms with E-state index >= 15 is 0 Å². The molecule has 1 aliphatic heterocycles. The molecule has 1 aromatic heterocycles. The maximum atomic E-state index is 12.3. The minimum atomic E-state index is -0.862. The molecule has 0 unspecified atom stereocenters. The van der Waals surface area contributed by atoms with Gasteiger partial charge >= 0.3 is 0 Å². The van der Waals surface area contributed by atoms with Crippen molar-refractivity contribution in [2.24, 2.45) is 0 Å². The van der Waals surface area contributed by atoms with Crippen molar-refractivity contribution in [1.82, 2.24) is 20.6 Å². The lowest BCUT2D eigenvalue weighted by molar-refractivity contribution is -0.274. The first kappa shape index (κ1) is 21.8. The van der Waals surface area contributed by atoms with Gasteiger partial charge in [-0.3, -0.25) is 14.6 Å². The van der Waals surface area contributed by atoms with Crippen LogP contribution < -0.4 is 10.6 Å². The Labute approximate surface area is 175 Å². The Morgan fingerprint density at radius 3 is 2.50 bits per heavy atom. The Balaban J connectivity index is 1.52. The number of carbonyl (C=O) groups is 2. The molecule has 9 nitrogen and oxygen atoms in total. The van der Waals surface area contributed by atoms with Crippen LogP contribution in [0.2, 0.25) is 0 Å². The van der Waals surface area contributed by atoms with Gasteiger partial charge in [0.05, 0.1) is 25.5 Å². The van der Waals surface area contributed by atoms with E-state index < -0.39 is 11.9 Å². The largest absolute Gasteiger partial charge is 0.371 e. The Kier molecular flexibility index (Phi) is 7.45. The van der Waals surface area contributed by atoms with Crippen LogP contribution in [0.1, 0.15) is 34.7 Å². The van der Waals surface area contributed by atoms with E-state index in [4.69, 9.17) is 14.2 Å². The van der Waals surface area contributed by atoms with E-state index in [2.05, 4.69) is 20.6 Å². The molecule has 2 heterocycles. The maximum absolute atomic E-state index is 12.3. The van der Waals surface area contributed by atoms with Crippen LogP contribution in [0, 0.1) is 0 Å². The first-order chi connectivity index (χ1) is 14.4. The highest BCUT2D eigenvalue weighted by atomic mass is 16.7. The number of rotatable bonds is 6. The van der Waals surface area contributed by atoms with Gasteiger partial charge in [0.25, 0.3) is 11.8 Å². The molecule has 0 spiro atoms. The molecular weight excluding hydrogens is 388 g/mol. The van der Waals surface area contributed by atoms with Gasteiger partial charge in [0.2, 0.25) is 0 Å². The van der Waals surface area contributed by atoms with Crippen LogP contribution in [0.25, 0.3) is 0 Å². The molecule has 0 aliphatic carbocycles. The molecule has 2 atom stereocenters. The zero-order valence-electron chi connectivity index (χ0n) is 17.0. The van der Waals surface area contributed by atoms with Crippen LogP contribution in [0.4, 0.5) is 0 Å². The van der Waals surface area contributed by atoms with Crippen LogP contribution in [0.15, 0.2) is 48.9 Å². The zero-order chi connectivity index (χ0) is 21.4. The number of amides is 2. The average Bonchev–Trinajstić information content (AvgIpc) is 2.76. The third-order valence-electron chi connectivity index (χ3n) is 4.40. The minimum absolute atomic E-state index is 0.187. The topological polar surface area (TPSA) is 112 Å². The molecule has 160 valence electrons. The molecule has 0 radical (unpaired) electrons. The zero-order valence-corrected chi connectivity index (χ0v) is 17.0. The average molecular weight is 414 g/mol. The van der Waals surface area contributed by atoms with Gasteiger partial charge in [-0.15, -0.1) is 0 Å². The van der Waals surface area contributed by atoms with Crippen LogP contribution in [0.3, 0.4) is 0 Å². The SMILES string of the molecule is CC1(C)OC[C@@H](CNC(=O)c2cnccn2)OC[C@H](CNC(=O)c2ccccc2)O1. The van der Waals surface area contributed by atoms with Crippen LogP contribution in [-0.2, 0) is 14.2 Å². The quantitative estimate of drug-likeness (QED) is 0.730. The van der Waals surface area contributed by atoms with Crippen molar-refractivity contribution in [2.75, 3.05) is 26.3 Å². The van der Waals surface area contributed by atoms with E-state index in [1.54, 1.807) is 38.1 Å². The first-order valence-corrected chi connectivity index (χ1v) is 9.74. The highest BCUT2D eigenvalue weighted by molar-refractivity contribution is 5.94. The molecule has 0 saturated carbocycles. The van der Waals surface area contributed by atoms with Gasteiger partial charge in [0.15, 0.2) is 5.79 Å². The number of hydrogen-bond donors (Lipinski definition) is 2. The summed E-state index contributed by atoms with van der Waals surface area (Å²) in [5.41, 5.74) is 0.804. The van der Waals surface area contributed by atoms with Gasteiger partial charge in [-0.1, -0.05) is 18.2 Å². The summed E-state index contributed by atoms with van der Waals surface area (Å²) in [5.74, 6) is -1.39. The lowest BCUT2D eigenvalue weighted by atomic mass is 10.2. The highest BCUT2D eigenvalue weighted by Crippen LogP contribution is 2.18. The van der Waals surface area contributed by atoms with Crippen LogP contribution >= 0.6 is 0 Å². The van der Waals surface area contributed by atoms with Gasteiger partial charge < -0.3 is 24.8 Å². The smallest absolute Gasteiger partial charge is 0.271 e. The lowest BCUT2D eigenvalue weighted by Gasteiger charge is -2.36. The Morgan fingerprint density at radius 2 is 1.77 bits per heavy atom. The van der Waals surface area contributed by atoms with E-state index in [9.17, 15) is 9.59 Å². The molecule has 2 aromatic rings. The van der Waals surface area contributed by atoms with Gasteiger partial charge in [0.1, 0.15) is 11.8 Å². The number of nitrogens with zero attached hydrogens (tertiary/aromatic N) is 2. The second kappa shape index (κ2) is 10.2. The Hall–Kier alpha value is -2.88. The van der Waals surface area contributed by atoms with Crippen molar-refractivity contribution < 1.29 is 23.8 Å². The number of hydrogen-bond acceptors (Lipinski definition) is 7. The molecular formula is C21H26N4O5. The van der Waals surface area contributed by atoms with Crippen molar-refractivity contribution in [1.29, 1.82) is 0 Å². The molecule has 0 bridgehead atoms. The molecule has 2 N–H and O–H groups in total. The molecule has 1 aliphatic rings. The molecule has 9 heteroatoms. The van der Waals surface area contributed by atoms with Gasteiger partial charge in [-0.2, -0.15) is 0 Å². The van der Waals surface area contributed by atoms with Gasteiger partial charge in [0, 0.05) is 31.0 Å². The summed E-state index contributed by atoms with van der Waals surface area (Å²) in [5, 5.41) is 5.63. The van der Waals surface area contributed by atoms with Crippen LogP contribution in [-0.4, -0.2) is 66.1 Å². The molecule has 2 amide bonds. The summed E-state index contributed by atoms with van der Waals surface area (Å²) in [6, 6.07) is 8.95.